The number of rotatable bonds is 5. The standard InChI is InChI=1S/C13H18N4O2/c14-12(18)2-1-5-17-13(19)9-3-4-10-11(8-9)16-7-6-15-10/h3-4,8,15-16H,1-2,5-7H2,(H2,14,18)(H,17,19). The van der Waals surface area contributed by atoms with Gasteiger partial charge in [0, 0.05) is 31.6 Å². The fourth-order valence-corrected chi connectivity index (χ4v) is 1.95. The molecule has 1 aromatic rings. The number of carbonyl (C=O) groups excluding carboxylic acids is 2. The van der Waals surface area contributed by atoms with E-state index in [-0.39, 0.29) is 18.2 Å². The van der Waals surface area contributed by atoms with Crippen molar-refractivity contribution < 1.29 is 9.59 Å². The van der Waals surface area contributed by atoms with Crippen LogP contribution in [0.25, 0.3) is 0 Å². The second kappa shape index (κ2) is 6.08. The van der Waals surface area contributed by atoms with Crippen LogP contribution in [-0.4, -0.2) is 31.4 Å². The van der Waals surface area contributed by atoms with E-state index >= 15 is 0 Å². The molecular weight excluding hydrogens is 244 g/mol. The van der Waals surface area contributed by atoms with E-state index in [1.54, 1.807) is 6.07 Å². The van der Waals surface area contributed by atoms with E-state index in [0.717, 1.165) is 24.5 Å². The van der Waals surface area contributed by atoms with E-state index < -0.39 is 0 Å². The van der Waals surface area contributed by atoms with Crippen molar-refractivity contribution in [1.29, 1.82) is 0 Å². The smallest absolute Gasteiger partial charge is 0.251 e. The van der Waals surface area contributed by atoms with Crippen molar-refractivity contribution in [2.75, 3.05) is 30.3 Å². The number of benzene rings is 1. The molecule has 0 atom stereocenters. The maximum Gasteiger partial charge on any atom is 0.251 e. The Morgan fingerprint density at radius 1 is 1.21 bits per heavy atom. The third kappa shape index (κ3) is 3.61. The van der Waals surface area contributed by atoms with E-state index in [1.807, 2.05) is 12.1 Å². The van der Waals surface area contributed by atoms with E-state index in [0.29, 0.717) is 18.5 Å². The van der Waals surface area contributed by atoms with Gasteiger partial charge in [0.2, 0.25) is 5.91 Å². The lowest BCUT2D eigenvalue weighted by Gasteiger charge is -2.20. The summed E-state index contributed by atoms with van der Waals surface area (Å²) >= 11 is 0. The van der Waals surface area contributed by atoms with E-state index in [2.05, 4.69) is 16.0 Å². The maximum atomic E-state index is 11.9. The van der Waals surface area contributed by atoms with Gasteiger partial charge in [-0.2, -0.15) is 0 Å². The van der Waals surface area contributed by atoms with Crippen molar-refractivity contribution in [3.63, 3.8) is 0 Å². The second-order valence-corrected chi connectivity index (χ2v) is 4.44. The quantitative estimate of drug-likeness (QED) is 0.582. The highest BCUT2D eigenvalue weighted by Gasteiger charge is 2.11. The summed E-state index contributed by atoms with van der Waals surface area (Å²) in [6, 6.07) is 5.49. The average molecular weight is 262 g/mol. The van der Waals surface area contributed by atoms with Crippen molar-refractivity contribution >= 4 is 23.2 Å². The zero-order valence-corrected chi connectivity index (χ0v) is 10.7. The van der Waals surface area contributed by atoms with Crippen LogP contribution in [-0.2, 0) is 4.79 Å². The molecule has 19 heavy (non-hydrogen) atoms. The molecule has 2 amide bonds. The molecule has 1 heterocycles. The number of fused-ring (bicyclic) bond motifs is 1. The summed E-state index contributed by atoms with van der Waals surface area (Å²) in [6.45, 7) is 2.17. The Hall–Kier alpha value is -2.24. The molecule has 0 unspecified atom stereocenters. The maximum absolute atomic E-state index is 11.9. The van der Waals surface area contributed by atoms with Crippen LogP contribution in [0, 0.1) is 0 Å². The molecule has 102 valence electrons. The Bertz CT molecular complexity index is 488. The summed E-state index contributed by atoms with van der Waals surface area (Å²) in [5.41, 5.74) is 7.59. The van der Waals surface area contributed by atoms with Crippen molar-refractivity contribution in [1.82, 2.24) is 5.32 Å². The topological polar surface area (TPSA) is 96.2 Å². The largest absolute Gasteiger partial charge is 0.382 e. The van der Waals surface area contributed by atoms with E-state index in [1.165, 1.54) is 0 Å². The molecular formula is C13H18N4O2. The summed E-state index contributed by atoms with van der Waals surface area (Å²) in [4.78, 5) is 22.5. The number of nitrogens with one attached hydrogen (secondary N) is 3. The van der Waals surface area contributed by atoms with Crippen LogP contribution >= 0.6 is 0 Å². The third-order valence-corrected chi connectivity index (χ3v) is 2.92. The molecule has 2 rings (SSSR count). The summed E-state index contributed by atoms with van der Waals surface area (Å²) < 4.78 is 0. The second-order valence-electron chi connectivity index (χ2n) is 4.44. The van der Waals surface area contributed by atoms with Gasteiger partial charge in [-0.25, -0.2) is 0 Å². The lowest BCUT2D eigenvalue weighted by molar-refractivity contribution is -0.118. The lowest BCUT2D eigenvalue weighted by atomic mass is 10.1. The molecule has 0 saturated carbocycles. The Morgan fingerprint density at radius 3 is 2.68 bits per heavy atom. The summed E-state index contributed by atoms with van der Waals surface area (Å²) in [5, 5.41) is 9.25. The minimum Gasteiger partial charge on any atom is -0.382 e. The van der Waals surface area contributed by atoms with Crippen molar-refractivity contribution in [2.45, 2.75) is 12.8 Å². The van der Waals surface area contributed by atoms with Crippen molar-refractivity contribution in [3.05, 3.63) is 23.8 Å². The molecule has 0 aliphatic carbocycles. The molecule has 1 aromatic carbocycles. The van der Waals surface area contributed by atoms with Gasteiger partial charge < -0.3 is 21.7 Å². The molecule has 1 aliphatic heterocycles. The van der Waals surface area contributed by atoms with Crippen LogP contribution in [0.5, 0.6) is 0 Å². The molecule has 1 aliphatic rings. The van der Waals surface area contributed by atoms with Gasteiger partial charge in [0.25, 0.3) is 5.91 Å². The summed E-state index contributed by atoms with van der Waals surface area (Å²) in [6.07, 6.45) is 0.849. The Morgan fingerprint density at radius 2 is 1.95 bits per heavy atom. The van der Waals surface area contributed by atoms with Crippen LogP contribution in [0.4, 0.5) is 11.4 Å². The molecule has 0 bridgehead atoms. The zero-order valence-electron chi connectivity index (χ0n) is 10.7. The SMILES string of the molecule is NC(=O)CCCNC(=O)c1ccc2c(c1)NCCN2. The highest BCUT2D eigenvalue weighted by molar-refractivity contribution is 5.96. The molecule has 6 nitrogen and oxygen atoms in total. The average Bonchev–Trinajstić information content (AvgIpc) is 2.42. The predicted octanol–water partition coefficient (Wildman–Crippen LogP) is 0.519. The minimum absolute atomic E-state index is 0.139. The fourth-order valence-electron chi connectivity index (χ4n) is 1.95. The van der Waals surface area contributed by atoms with Gasteiger partial charge in [0.15, 0.2) is 0 Å². The van der Waals surface area contributed by atoms with Crippen LogP contribution in [0.2, 0.25) is 0 Å². The molecule has 6 heteroatoms. The van der Waals surface area contributed by atoms with Gasteiger partial charge in [-0.3, -0.25) is 9.59 Å². The molecule has 0 saturated heterocycles. The van der Waals surface area contributed by atoms with E-state index in [4.69, 9.17) is 5.73 Å². The summed E-state index contributed by atoms with van der Waals surface area (Å²) in [7, 11) is 0. The van der Waals surface area contributed by atoms with Crippen molar-refractivity contribution in [3.8, 4) is 0 Å². The number of nitrogens with two attached hydrogens (primary N) is 1. The van der Waals surface area contributed by atoms with Crippen molar-refractivity contribution in [2.24, 2.45) is 5.73 Å². The van der Waals surface area contributed by atoms with Gasteiger partial charge in [-0.15, -0.1) is 0 Å². The highest BCUT2D eigenvalue weighted by Crippen LogP contribution is 2.25. The molecule has 0 aromatic heterocycles. The Kier molecular flexibility index (Phi) is 4.22. The molecule has 5 N–H and O–H groups in total. The first-order valence-corrected chi connectivity index (χ1v) is 6.35. The van der Waals surface area contributed by atoms with Gasteiger partial charge >= 0.3 is 0 Å². The molecule has 0 radical (unpaired) electrons. The van der Waals surface area contributed by atoms with Gasteiger partial charge in [-0.1, -0.05) is 0 Å². The zero-order chi connectivity index (χ0) is 13.7. The van der Waals surface area contributed by atoms with E-state index in [9.17, 15) is 9.59 Å². The summed E-state index contributed by atoms with van der Waals surface area (Å²) in [5.74, 6) is -0.488. The molecule has 0 fully saturated rings. The fraction of sp³-hybridized carbons (Fsp3) is 0.385. The van der Waals surface area contributed by atoms with Gasteiger partial charge in [0.1, 0.15) is 0 Å². The third-order valence-electron chi connectivity index (χ3n) is 2.92. The van der Waals surface area contributed by atoms with Crippen LogP contribution in [0.3, 0.4) is 0 Å². The lowest BCUT2D eigenvalue weighted by Crippen LogP contribution is -2.26. The Balaban J connectivity index is 1.90. The number of anilines is 2. The van der Waals surface area contributed by atoms with Gasteiger partial charge in [-0.05, 0) is 24.6 Å². The van der Waals surface area contributed by atoms with Gasteiger partial charge in [0.05, 0.1) is 11.4 Å². The normalized spacial score (nSPS) is 12.8. The number of amides is 2. The minimum atomic E-state index is -0.349. The number of hydrogen-bond donors (Lipinski definition) is 4. The number of hydrogen-bond acceptors (Lipinski definition) is 4. The predicted molar refractivity (Wildman–Crippen MR) is 74.2 cm³/mol. The number of carbonyl (C=O) groups is 2. The highest BCUT2D eigenvalue weighted by atomic mass is 16.2. The first-order chi connectivity index (χ1) is 9.16. The van der Waals surface area contributed by atoms with Crippen LogP contribution in [0.15, 0.2) is 18.2 Å². The van der Waals surface area contributed by atoms with Crippen LogP contribution < -0.4 is 21.7 Å². The first-order valence-electron chi connectivity index (χ1n) is 6.35. The Labute approximate surface area is 111 Å². The first kappa shape index (κ1) is 13.2. The molecule has 0 spiro atoms. The monoisotopic (exact) mass is 262 g/mol. The van der Waals surface area contributed by atoms with Crippen LogP contribution in [0.1, 0.15) is 23.2 Å². The number of primary amides is 1.